The van der Waals surface area contributed by atoms with Crippen molar-refractivity contribution >= 4 is 23.2 Å². The maximum absolute atomic E-state index is 12.9. The average molecular weight is 423 g/mol. The van der Waals surface area contributed by atoms with E-state index in [4.69, 9.17) is 4.74 Å². The Labute approximate surface area is 181 Å². The van der Waals surface area contributed by atoms with Crippen LogP contribution in [0.15, 0.2) is 48.5 Å². The van der Waals surface area contributed by atoms with Crippen molar-refractivity contribution in [2.75, 3.05) is 7.11 Å². The lowest BCUT2D eigenvalue weighted by Gasteiger charge is -2.18. The number of thiazole rings is 1. The Kier molecular flexibility index (Phi) is 7.00. The van der Waals surface area contributed by atoms with Gasteiger partial charge in [0.05, 0.1) is 36.7 Å². The first-order valence-electron chi connectivity index (χ1n) is 9.82. The summed E-state index contributed by atoms with van der Waals surface area (Å²) in [4.78, 5) is 30.3. The Hall–Kier alpha value is -2.99. The standard InChI is InChI=1S/C24H26N2O3S/c1-15-5-9-18(10-6-15)20(13-23(28)29-4)26-22(27)14-21-24(25-17(3)30-21)19-11-7-16(2)8-12-19/h5-12,20H,13-14H2,1-4H3,(H,26,27). The number of nitrogens with zero attached hydrogens (tertiary/aromatic N) is 1. The van der Waals surface area contributed by atoms with Crippen LogP contribution in [0.2, 0.25) is 0 Å². The number of amides is 1. The molecule has 0 aliphatic carbocycles. The molecule has 0 fully saturated rings. The van der Waals surface area contributed by atoms with Crippen molar-refractivity contribution in [3.63, 3.8) is 0 Å². The van der Waals surface area contributed by atoms with Gasteiger partial charge in [0.25, 0.3) is 0 Å². The van der Waals surface area contributed by atoms with Crippen LogP contribution in [0.3, 0.4) is 0 Å². The highest BCUT2D eigenvalue weighted by molar-refractivity contribution is 7.12. The summed E-state index contributed by atoms with van der Waals surface area (Å²) in [7, 11) is 1.35. The molecular formula is C24H26N2O3S. The lowest BCUT2D eigenvalue weighted by Crippen LogP contribution is -2.31. The summed E-state index contributed by atoms with van der Waals surface area (Å²) >= 11 is 1.52. The summed E-state index contributed by atoms with van der Waals surface area (Å²) in [6.07, 6.45) is 0.288. The maximum Gasteiger partial charge on any atom is 0.307 e. The third kappa shape index (κ3) is 5.54. The average Bonchev–Trinajstić information content (AvgIpc) is 3.08. The van der Waals surface area contributed by atoms with Crippen molar-refractivity contribution in [3.05, 3.63) is 75.1 Å². The van der Waals surface area contributed by atoms with Crippen LogP contribution in [0.5, 0.6) is 0 Å². The van der Waals surface area contributed by atoms with Gasteiger partial charge in [-0.25, -0.2) is 4.98 Å². The Balaban J connectivity index is 1.79. The molecule has 0 saturated carbocycles. The van der Waals surface area contributed by atoms with Gasteiger partial charge >= 0.3 is 5.97 Å². The van der Waals surface area contributed by atoms with Gasteiger partial charge in [0.2, 0.25) is 5.91 Å². The summed E-state index contributed by atoms with van der Waals surface area (Å²) in [5.74, 6) is -0.517. The first-order valence-corrected chi connectivity index (χ1v) is 10.6. The van der Waals surface area contributed by atoms with Gasteiger partial charge in [-0.15, -0.1) is 11.3 Å². The first kappa shape index (κ1) is 21.7. The molecule has 1 aromatic heterocycles. The molecule has 0 aliphatic heterocycles. The van der Waals surface area contributed by atoms with Crippen molar-refractivity contribution in [2.24, 2.45) is 0 Å². The van der Waals surface area contributed by atoms with Crippen LogP contribution in [-0.2, 0) is 20.7 Å². The second-order valence-electron chi connectivity index (χ2n) is 7.36. The molecule has 5 nitrogen and oxygen atoms in total. The lowest BCUT2D eigenvalue weighted by molar-refractivity contribution is -0.141. The minimum absolute atomic E-state index is 0.0812. The van der Waals surface area contributed by atoms with Gasteiger partial charge in [-0.1, -0.05) is 59.7 Å². The smallest absolute Gasteiger partial charge is 0.307 e. The molecule has 1 N–H and O–H groups in total. The Morgan fingerprint density at radius 1 is 1.00 bits per heavy atom. The number of hydrogen-bond donors (Lipinski definition) is 1. The zero-order chi connectivity index (χ0) is 21.7. The molecule has 1 unspecified atom stereocenters. The van der Waals surface area contributed by atoms with Gasteiger partial charge in [0.15, 0.2) is 0 Å². The monoisotopic (exact) mass is 422 g/mol. The highest BCUT2D eigenvalue weighted by atomic mass is 32.1. The summed E-state index contributed by atoms with van der Waals surface area (Å²) in [5.41, 5.74) is 5.00. The minimum Gasteiger partial charge on any atom is -0.469 e. The highest BCUT2D eigenvalue weighted by Gasteiger charge is 2.21. The van der Waals surface area contributed by atoms with Gasteiger partial charge in [-0.3, -0.25) is 9.59 Å². The third-order valence-electron chi connectivity index (χ3n) is 4.86. The zero-order valence-corrected chi connectivity index (χ0v) is 18.5. The molecule has 1 heterocycles. The number of hydrogen-bond acceptors (Lipinski definition) is 5. The van der Waals surface area contributed by atoms with Crippen LogP contribution < -0.4 is 5.32 Å². The first-order chi connectivity index (χ1) is 14.4. The highest BCUT2D eigenvalue weighted by Crippen LogP contribution is 2.29. The summed E-state index contributed by atoms with van der Waals surface area (Å²) in [5, 5.41) is 3.92. The number of benzene rings is 2. The predicted molar refractivity (Wildman–Crippen MR) is 119 cm³/mol. The van der Waals surface area contributed by atoms with E-state index in [1.54, 1.807) is 0 Å². The van der Waals surface area contributed by atoms with E-state index in [0.29, 0.717) is 0 Å². The molecule has 156 valence electrons. The van der Waals surface area contributed by atoms with Crippen molar-refractivity contribution in [1.82, 2.24) is 10.3 Å². The number of ether oxygens (including phenoxy) is 1. The predicted octanol–water partition coefficient (Wildman–Crippen LogP) is 4.70. The molecule has 0 aliphatic rings. The van der Waals surface area contributed by atoms with Crippen molar-refractivity contribution < 1.29 is 14.3 Å². The van der Waals surface area contributed by atoms with Gasteiger partial charge in [-0.05, 0) is 26.3 Å². The normalized spacial score (nSPS) is 11.7. The number of carbonyl (C=O) groups excluding carboxylic acids is 2. The summed E-state index contributed by atoms with van der Waals surface area (Å²) in [6.45, 7) is 5.98. The number of carbonyl (C=O) groups is 2. The van der Waals surface area contributed by atoms with Crippen LogP contribution in [-0.4, -0.2) is 24.0 Å². The quantitative estimate of drug-likeness (QED) is 0.561. The lowest BCUT2D eigenvalue weighted by atomic mass is 10.0. The molecule has 3 aromatic rings. The largest absolute Gasteiger partial charge is 0.469 e. The van der Waals surface area contributed by atoms with E-state index in [1.807, 2.05) is 69.3 Å². The SMILES string of the molecule is COC(=O)CC(NC(=O)Cc1sc(C)nc1-c1ccc(C)cc1)c1ccc(C)cc1. The fourth-order valence-corrected chi connectivity index (χ4v) is 4.18. The van der Waals surface area contributed by atoms with Gasteiger partial charge in [-0.2, -0.15) is 0 Å². The van der Waals surface area contributed by atoms with Crippen LogP contribution >= 0.6 is 11.3 Å². The maximum atomic E-state index is 12.9. The molecule has 0 bridgehead atoms. The van der Waals surface area contributed by atoms with E-state index in [-0.39, 0.29) is 24.7 Å². The van der Waals surface area contributed by atoms with Gasteiger partial charge < -0.3 is 10.1 Å². The van der Waals surface area contributed by atoms with E-state index in [2.05, 4.69) is 10.3 Å². The van der Waals surface area contributed by atoms with Gasteiger partial charge in [0, 0.05) is 10.4 Å². The van der Waals surface area contributed by atoms with Crippen LogP contribution in [0, 0.1) is 20.8 Å². The molecule has 2 aromatic carbocycles. The second kappa shape index (κ2) is 9.67. The van der Waals surface area contributed by atoms with Crippen molar-refractivity contribution in [2.45, 2.75) is 39.7 Å². The Morgan fingerprint density at radius 2 is 1.60 bits per heavy atom. The fraction of sp³-hybridized carbons (Fsp3) is 0.292. The van der Waals surface area contributed by atoms with Crippen LogP contribution in [0.25, 0.3) is 11.3 Å². The van der Waals surface area contributed by atoms with Gasteiger partial charge in [0.1, 0.15) is 0 Å². The fourth-order valence-electron chi connectivity index (χ4n) is 3.22. The number of methoxy groups -OCH3 is 1. The topological polar surface area (TPSA) is 68.3 Å². The van der Waals surface area contributed by atoms with Crippen molar-refractivity contribution in [1.29, 1.82) is 0 Å². The molecule has 6 heteroatoms. The molecule has 1 atom stereocenters. The van der Waals surface area contributed by atoms with E-state index in [0.717, 1.165) is 32.3 Å². The van der Waals surface area contributed by atoms with E-state index < -0.39 is 6.04 Å². The van der Waals surface area contributed by atoms with E-state index >= 15 is 0 Å². The number of rotatable bonds is 7. The molecule has 0 radical (unpaired) electrons. The van der Waals surface area contributed by atoms with E-state index in [1.165, 1.54) is 24.0 Å². The molecule has 3 rings (SSSR count). The van der Waals surface area contributed by atoms with E-state index in [9.17, 15) is 9.59 Å². The zero-order valence-electron chi connectivity index (χ0n) is 17.7. The number of aryl methyl sites for hydroxylation is 3. The third-order valence-corrected chi connectivity index (χ3v) is 5.83. The summed E-state index contributed by atoms with van der Waals surface area (Å²) < 4.78 is 4.82. The number of aromatic nitrogens is 1. The molecular weight excluding hydrogens is 396 g/mol. The van der Waals surface area contributed by atoms with Crippen LogP contribution in [0.1, 0.15) is 39.0 Å². The number of esters is 1. The summed E-state index contributed by atoms with van der Waals surface area (Å²) in [6, 6.07) is 15.5. The molecule has 30 heavy (non-hydrogen) atoms. The number of nitrogens with one attached hydrogen (secondary N) is 1. The molecule has 1 amide bonds. The minimum atomic E-state index is -0.442. The Bertz CT molecular complexity index is 1020. The van der Waals surface area contributed by atoms with Crippen molar-refractivity contribution in [3.8, 4) is 11.3 Å². The second-order valence-corrected chi connectivity index (χ2v) is 8.65. The molecule has 0 saturated heterocycles. The Morgan fingerprint density at radius 3 is 2.20 bits per heavy atom. The molecule has 0 spiro atoms. The van der Waals surface area contributed by atoms with Crippen LogP contribution in [0.4, 0.5) is 0 Å².